The number of unbranched alkanes of at least 4 members (excludes halogenated alkanes) is 7. The van der Waals surface area contributed by atoms with Crippen LogP contribution in [0.5, 0.6) is 0 Å². The van der Waals surface area contributed by atoms with Crippen LogP contribution in [0.3, 0.4) is 0 Å². The Hall–Kier alpha value is -3.04. The van der Waals surface area contributed by atoms with Gasteiger partial charge in [0, 0.05) is 12.2 Å². The Morgan fingerprint density at radius 1 is 0.719 bits per heavy atom. The van der Waals surface area contributed by atoms with E-state index in [0.717, 1.165) is 51.4 Å². The predicted octanol–water partition coefficient (Wildman–Crippen LogP) is 3.38. The van der Waals surface area contributed by atoms with Gasteiger partial charge < -0.3 is 28.4 Å². The molecular formula is C22H30O10. The number of carbonyl (C=O) groups excluding carboxylic acids is 4. The van der Waals surface area contributed by atoms with Gasteiger partial charge in [0.05, 0.1) is 0 Å². The first-order chi connectivity index (χ1) is 15.5. The summed E-state index contributed by atoms with van der Waals surface area (Å²) < 4.78 is 28.7. The molecule has 0 aliphatic carbocycles. The third-order valence-electron chi connectivity index (χ3n) is 4.62. The normalized spacial score (nSPS) is 20.1. The lowest BCUT2D eigenvalue weighted by molar-refractivity contribution is -0.140. The van der Waals surface area contributed by atoms with Crippen LogP contribution >= 0.6 is 0 Å². The van der Waals surface area contributed by atoms with Gasteiger partial charge in [-0.25, -0.2) is 19.2 Å². The second-order valence-corrected chi connectivity index (χ2v) is 7.37. The standard InChI is InChI=1S/C22H30O10/c23-19(27-13-17-15-29-21(25)31-17)11-9-7-5-3-1-2-4-6-8-10-12-20(24)28-14-18-16-30-22(26)32-18/h9-12,17-18H,1-8,13-16H2/b11-9+,12-10+. The van der Waals surface area contributed by atoms with Gasteiger partial charge >= 0.3 is 24.2 Å². The molecule has 10 heteroatoms. The zero-order valence-electron chi connectivity index (χ0n) is 18.0. The average Bonchev–Trinajstić information content (AvgIpc) is 3.39. The maximum absolute atomic E-state index is 11.5. The number of carbonyl (C=O) groups is 4. The largest absolute Gasteiger partial charge is 0.508 e. The lowest BCUT2D eigenvalue weighted by Gasteiger charge is -2.05. The minimum absolute atomic E-state index is 0.00168. The molecule has 2 rings (SSSR count). The summed E-state index contributed by atoms with van der Waals surface area (Å²) >= 11 is 0. The van der Waals surface area contributed by atoms with Crippen LogP contribution in [0.1, 0.15) is 51.4 Å². The van der Waals surface area contributed by atoms with E-state index in [4.69, 9.17) is 18.9 Å². The Morgan fingerprint density at radius 3 is 1.50 bits per heavy atom. The molecule has 10 nitrogen and oxygen atoms in total. The van der Waals surface area contributed by atoms with E-state index in [2.05, 4.69) is 9.47 Å². The third kappa shape index (κ3) is 11.4. The van der Waals surface area contributed by atoms with Gasteiger partial charge in [-0.15, -0.1) is 0 Å². The van der Waals surface area contributed by atoms with Crippen LogP contribution < -0.4 is 0 Å². The summed E-state index contributed by atoms with van der Waals surface area (Å²) in [5.74, 6) is -0.915. The van der Waals surface area contributed by atoms with Crippen molar-refractivity contribution in [2.75, 3.05) is 26.4 Å². The van der Waals surface area contributed by atoms with Crippen molar-refractivity contribution in [1.29, 1.82) is 0 Å². The molecule has 178 valence electrons. The third-order valence-corrected chi connectivity index (χ3v) is 4.62. The maximum Gasteiger partial charge on any atom is 0.508 e. The molecule has 32 heavy (non-hydrogen) atoms. The van der Waals surface area contributed by atoms with Crippen LogP contribution in [0.15, 0.2) is 24.3 Å². The molecule has 0 amide bonds. The molecule has 2 saturated heterocycles. The van der Waals surface area contributed by atoms with Gasteiger partial charge in [-0.3, -0.25) is 0 Å². The number of rotatable bonds is 15. The summed E-state index contributed by atoms with van der Waals surface area (Å²) in [6.45, 7) is 0.209. The summed E-state index contributed by atoms with van der Waals surface area (Å²) in [5.41, 5.74) is 0. The SMILES string of the molecule is O=C(/C=C/CCCCCCCC/C=C/C(=O)OCC1COC(=O)O1)OCC1COC(=O)O1. The molecule has 0 N–H and O–H groups in total. The minimum Gasteiger partial charge on any atom is -0.458 e. The molecule has 2 heterocycles. The summed E-state index contributed by atoms with van der Waals surface area (Å²) in [6, 6.07) is 0. The quantitative estimate of drug-likeness (QED) is 0.157. The summed E-state index contributed by atoms with van der Waals surface area (Å²) in [4.78, 5) is 44.6. The Morgan fingerprint density at radius 2 is 1.12 bits per heavy atom. The molecular weight excluding hydrogens is 424 g/mol. The highest BCUT2D eigenvalue weighted by molar-refractivity contribution is 5.82. The van der Waals surface area contributed by atoms with Crippen molar-refractivity contribution in [3.05, 3.63) is 24.3 Å². The first-order valence-corrected chi connectivity index (χ1v) is 10.9. The van der Waals surface area contributed by atoms with Crippen molar-refractivity contribution in [3.63, 3.8) is 0 Å². The molecule has 0 saturated carbocycles. The number of allylic oxidation sites excluding steroid dienone is 2. The number of ether oxygens (including phenoxy) is 6. The van der Waals surface area contributed by atoms with Crippen molar-refractivity contribution >= 4 is 24.2 Å². The number of hydrogen-bond donors (Lipinski definition) is 0. The number of cyclic esters (lactones) is 4. The molecule has 0 radical (unpaired) electrons. The Kier molecular flexibility index (Phi) is 11.7. The van der Waals surface area contributed by atoms with Gasteiger partial charge in [0.1, 0.15) is 26.4 Å². The molecule has 0 aromatic rings. The van der Waals surface area contributed by atoms with Gasteiger partial charge in [0.2, 0.25) is 0 Å². The first-order valence-electron chi connectivity index (χ1n) is 10.9. The molecule has 2 atom stereocenters. The molecule has 0 aromatic carbocycles. The van der Waals surface area contributed by atoms with E-state index in [0.29, 0.717) is 0 Å². The van der Waals surface area contributed by atoms with Gasteiger partial charge in [-0.1, -0.05) is 37.8 Å². The average molecular weight is 454 g/mol. The van der Waals surface area contributed by atoms with Crippen molar-refractivity contribution in [2.45, 2.75) is 63.6 Å². The zero-order valence-corrected chi connectivity index (χ0v) is 18.0. The van der Waals surface area contributed by atoms with Gasteiger partial charge in [-0.05, 0) is 25.7 Å². The Labute approximate surface area is 186 Å². The van der Waals surface area contributed by atoms with E-state index in [-0.39, 0.29) is 26.4 Å². The zero-order chi connectivity index (χ0) is 23.0. The summed E-state index contributed by atoms with van der Waals surface area (Å²) in [6.07, 6.45) is 11.8. The molecule has 2 unspecified atom stereocenters. The maximum atomic E-state index is 11.5. The fourth-order valence-corrected chi connectivity index (χ4v) is 2.93. The Bertz CT molecular complexity index is 626. The van der Waals surface area contributed by atoms with Crippen molar-refractivity contribution in [2.24, 2.45) is 0 Å². The van der Waals surface area contributed by atoms with E-state index in [9.17, 15) is 19.2 Å². The lowest BCUT2D eigenvalue weighted by atomic mass is 10.1. The summed E-state index contributed by atoms with van der Waals surface area (Å²) in [7, 11) is 0. The van der Waals surface area contributed by atoms with Gasteiger partial charge in [0.15, 0.2) is 12.2 Å². The molecule has 0 spiro atoms. The van der Waals surface area contributed by atoms with Crippen LogP contribution in [0.4, 0.5) is 9.59 Å². The molecule has 0 aromatic heterocycles. The molecule has 2 aliphatic heterocycles. The van der Waals surface area contributed by atoms with Crippen LogP contribution in [-0.2, 0) is 38.0 Å². The fraction of sp³-hybridized carbons (Fsp3) is 0.636. The minimum atomic E-state index is -0.736. The first kappa shape index (κ1) is 25.2. The van der Waals surface area contributed by atoms with E-state index >= 15 is 0 Å². The molecule has 2 fully saturated rings. The second kappa shape index (κ2) is 14.9. The second-order valence-electron chi connectivity index (χ2n) is 7.37. The van der Waals surface area contributed by atoms with Gasteiger partial charge in [0.25, 0.3) is 0 Å². The van der Waals surface area contributed by atoms with E-state index in [1.165, 1.54) is 12.2 Å². The smallest absolute Gasteiger partial charge is 0.458 e. The van der Waals surface area contributed by atoms with E-state index in [1.54, 1.807) is 12.2 Å². The van der Waals surface area contributed by atoms with Crippen molar-refractivity contribution in [3.8, 4) is 0 Å². The van der Waals surface area contributed by atoms with Crippen LogP contribution in [0, 0.1) is 0 Å². The molecule has 2 aliphatic rings. The van der Waals surface area contributed by atoms with Crippen LogP contribution in [-0.4, -0.2) is 62.9 Å². The van der Waals surface area contributed by atoms with E-state index < -0.39 is 36.5 Å². The summed E-state index contributed by atoms with van der Waals surface area (Å²) in [5, 5.41) is 0. The lowest BCUT2D eigenvalue weighted by Crippen LogP contribution is -2.19. The van der Waals surface area contributed by atoms with Crippen LogP contribution in [0.25, 0.3) is 0 Å². The van der Waals surface area contributed by atoms with E-state index in [1.807, 2.05) is 0 Å². The number of esters is 2. The fourth-order valence-electron chi connectivity index (χ4n) is 2.93. The highest BCUT2D eigenvalue weighted by Crippen LogP contribution is 2.10. The Balaban J connectivity index is 1.34. The monoisotopic (exact) mass is 454 g/mol. The van der Waals surface area contributed by atoms with Crippen molar-refractivity contribution < 1.29 is 47.6 Å². The van der Waals surface area contributed by atoms with Crippen molar-refractivity contribution in [1.82, 2.24) is 0 Å². The highest BCUT2D eigenvalue weighted by atomic mass is 16.8. The molecule has 0 bridgehead atoms. The van der Waals surface area contributed by atoms with Crippen LogP contribution in [0.2, 0.25) is 0 Å². The van der Waals surface area contributed by atoms with Gasteiger partial charge in [-0.2, -0.15) is 0 Å². The highest BCUT2D eigenvalue weighted by Gasteiger charge is 2.26. The topological polar surface area (TPSA) is 124 Å². The number of hydrogen-bond acceptors (Lipinski definition) is 10. The predicted molar refractivity (Wildman–Crippen MR) is 110 cm³/mol.